The Morgan fingerprint density at radius 3 is 2.43 bits per heavy atom. The zero-order chi connectivity index (χ0) is 17.1. The minimum atomic E-state index is -0.922. The van der Waals surface area contributed by atoms with Crippen molar-refractivity contribution < 1.29 is 32.6 Å². The molecule has 8 heteroatoms. The predicted molar refractivity (Wildman–Crippen MR) is 75.5 cm³/mol. The molecule has 0 aromatic heterocycles. The third kappa shape index (κ3) is 3.02. The number of esters is 2. The van der Waals surface area contributed by atoms with Gasteiger partial charge in [-0.15, -0.1) is 0 Å². The van der Waals surface area contributed by atoms with E-state index in [0.29, 0.717) is 0 Å². The Labute approximate surface area is 131 Å². The van der Waals surface area contributed by atoms with Gasteiger partial charge in [-0.05, 0) is 18.6 Å². The van der Waals surface area contributed by atoms with Crippen LogP contribution in [-0.2, 0) is 23.8 Å². The summed E-state index contributed by atoms with van der Waals surface area (Å²) in [6.45, 7) is 0.900. The summed E-state index contributed by atoms with van der Waals surface area (Å²) in [5, 5.41) is 0. The highest BCUT2D eigenvalue weighted by Crippen LogP contribution is 2.32. The Morgan fingerprint density at radius 2 is 1.83 bits per heavy atom. The van der Waals surface area contributed by atoms with E-state index >= 15 is 0 Å². The number of hydrogen-bond donors (Lipinski definition) is 0. The highest BCUT2D eigenvalue weighted by atomic mass is 19.1. The zero-order valence-corrected chi connectivity index (χ0v) is 12.8. The largest absolute Gasteiger partial charge is 0.466 e. The lowest BCUT2D eigenvalue weighted by Gasteiger charge is -2.31. The van der Waals surface area contributed by atoms with Crippen LogP contribution in [0.3, 0.4) is 0 Å². The number of rotatable bonds is 3. The fourth-order valence-corrected chi connectivity index (χ4v) is 2.21. The van der Waals surface area contributed by atoms with Crippen molar-refractivity contribution in [1.29, 1.82) is 0 Å². The maximum absolute atomic E-state index is 14.4. The van der Waals surface area contributed by atoms with Crippen LogP contribution < -0.4 is 4.90 Å². The zero-order valence-electron chi connectivity index (χ0n) is 12.8. The van der Waals surface area contributed by atoms with E-state index in [1.54, 1.807) is 0 Å². The van der Waals surface area contributed by atoms with E-state index in [1.807, 2.05) is 0 Å². The molecule has 2 rings (SSSR count). The second-order valence-electron chi connectivity index (χ2n) is 4.74. The number of halogens is 2. The first-order valence-corrected chi connectivity index (χ1v) is 6.62. The molecule has 0 aliphatic carbocycles. The van der Waals surface area contributed by atoms with Gasteiger partial charge in [-0.1, -0.05) is 6.07 Å². The summed E-state index contributed by atoms with van der Waals surface area (Å²) in [4.78, 5) is 24.8. The van der Waals surface area contributed by atoms with Crippen LogP contribution in [0.2, 0.25) is 0 Å². The molecule has 1 aliphatic heterocycles. The molecule has 23 heavy (non-hydrogen) atoms. The van der Waals surface area contributed by atoms with Crippen molar-refractivity contribution in [3.8, 4) is 0 Å². The molecule has 6 nitrogen and oxygen atoms in total. The third-order valence-corrected chi connectivity index (χ3v) is 3.36. The molecule has 0 saturated heterocycles. The molecule has 0 fully saturated rings. The lowest BCUT2D eigenvalue weighted by atomic mass is 10.1. The molecule has 124 valence electrons. The van der Waals surface area contributed by atoms with Crippen molar-refractivity contribution in [3.63, 3.8) is 0 Å². The topological polar surface area (TPSA) is 65.1 Å². The normalized spacial score (nSPS) is 14.7. The molecule has 0 N–H and O–H groups in total. The molecule has 0 bridgehead atoms. The number of aryl methyl sites for hydroxylation is 1. The van der Waals surface area contributed by atoms with Crippen LogP contribution in [0.5, 0.6) is 0 Å². The van der Waals surface area contributed by atoms with E-state index < -0.39 is 29.3 Å². The van der Waals surface area contributed by atoms with Crippen LogP contribution in [0.25, 0.3) is 0 Å². The average molecular weight is 327 g/mol. The van der Waals surface area contributed by atoms with E-state index in [0.717, 1.165) is 25.2 Å². The van der Waals surface area contributed by atoms with E-state index in [2.05, 4.69) is 9.47 Å². The van der Waals surface area contributed by atoms with Gasteiger partial charge in [-0.3, -0.25) is 0 Å². The van der Waals surface area contributed by atoms with Crippen LogP contribution in [0.15, 0.2) is 23.4 Å². The van der Waals surface area contributed by atoms with Gasteiger partial charge in [0, 0.05) is 0 Å². The summed E-state index contributed by atoms with van der Waals surface area (Å²) in [7, 11) is 2.22. The summed E-state index contributed by atoms with van der Waals surface area (Å²) in [6.07, 6.45) is 0. The first-order chi connectivity index (χ1) is 10.9. The van der Waals surface area contributed by atoms with Gasteiger partial charge in [0.1, 0.15) is 23.9 Å². The smallest absolute Gasteiger partial charge is 0.355 e. The number of anilines is 1. The van der Waals surface area contributed by atoms with Gasteiger partial charge < -0.3 is 19.1 Å². The van der Waals surface area contributed by atoms with Crippen molar-refractivity contribution in [2.24, 2.45) is 0 Å². The minimum Gasteiger partial charge on any atom is -0.466 e. The molecule has 1 aromatic rings. The SMILES string of the molecule is COC(=O)C1=C(C(=O)OC)N(c2c(F)ccc(C)c2F)COC1. The average Bonchev–Trinajstić information content (AvgIpc) is 2.56. The summed E-state index contributed by atoms with van der Waals surface area (Å²) in [5.74, 6) is -3.53. The molecular weight excluding hydrogens is 312 g/mol. The second-order valence-corrected chi connectivity index (χ2v) is 4.74. The van der Waals surface area contributed by atoms with Gasteiger partial charge >= 0.3 is 11.9 Å². The van der Waals surface area contributed by atoms with E-state index in [1.165, 1.54) is 13.0 Å². The first-order valence-electron chi connectivity index (χ1n) is 6.62. The Morgan fingerprint density at radius 1 is 1.17 bits per heavy atom. The van der Waals surface area contributed by atoms with Crippen molar-refractivity contribution in [2.45, 2.75) is 6.92 Å². The van der Waals surface area contributed by atoms with Gasteiger partial charge in [-0.25, -0.2) is 18.4 Å². The molecule has 0 radical (unpaired) electrons. The van der Waals surface area contributed by atoms with Gasteiger partial charge in [0.15, 0.2) is 5.82 Å². The van der Waals surface area contributed by atoms with Gasteiger partial charge in [0.25, 0.3) is 0 Å². The highest BCUT2D eigenvalue weighted by Gasteiger charge is 2.35. The number of methoxy groups -OCH3 is 2. The lowest BCUT2D eigenvalue weighted by molar-refractivity contribution is -0.140. The molecule has 0 saturated carbocycles. The van der Waals surface area contributed by atoms with E-state index in [4.69, 9.17) is 4.74 Å². The Hall–Kier alpha value is -2.48. The van der Waals surface area contributed by atoms with Crippen LogP contribution >= 0.6 is 0 Å². The van der Waals surface area contributed by atoms with Crippen LogP contribution in [0.4, 0.5) is 14.5 Å². The fraction of sp³-hybridized carbons (Fsp3) is 0.333. The van der Waals surface area contributed by atoms with Gasteiger partial charge in [-0.2, -0.15) is 0 Å². The van der Waals surface area contributed by atoms with E-state index in [9.17, 15) is 18.4 Å². The Kier molecular flexibility index (Phi) is 4.95. The summed E-state index contributed by atoms with van der Waals surface area (Å²) in [6, 6.07) is 2.33. The number of carbonyl (C=O) groups is 2. The fourth-order valence-electron chi connectivity index (χ4n) is 2.21. The lowest BCUT2D eigenvalue weighted by Crippen LogP contribution is -2.39. The number of ether oxygens (including phenoxy) is 3. The summed E-state index contributed by atoms with van der Waals surface area (Å²) in [5.41, 5.74) is -0.804. The summed E-state index contributed by atoms with van der Waals surface area (Å²) >= 11 is 0. The van der Waals surface area contributed by atoms with Crippen LogP contribution in [0.1, 0.15) is 5.56 Å². The standard InChI is InChI=1S/C15H15F2NO5/c1-8-4-5-10(16)13(11(8)17)18-7-23-6-9(14(19)21-2)12(18)15(20)22-3/h4-5H,6-7H2,1-3H3. The molecule has 0 unspecified atom stereocenters. The highest BCUT2D eigenvalue weighted by molar-refractivity contribution is 6.03. The number of benzene rings is 1. The number of carbonyl (C=O) groups excluding carboxylic acids is 2. The molecule has 1 aromatic carbocycles. The first kappa shape index (κ1) is 16.9. The Balaban J connectivity index is 2.68. The van der Waals surface area contributed by atoms with Crippen molar-refractivity contribution in [3.05, 3.63) is 40.6 Å². The summed E-state index contributed by atoms with van der Waals surface area (Å²) < 4.78 is 42.9. The molecule has 0 amide bonds. The van der Waals surface area contributed by atoms with Gasteiger partial charge in [0.2, 0.25) is 0 Å². The predicted octanol–water partition coefficient (Wildman–Crippen LogP) is 1.67. The van der Waals surface area contributed by atoms with Crippen molar-refractivity contribution in [2.75, 3.05) is 32.5 Å². The van der Waals surface area contributed by atoms with Gasteiger partial charge in [0.05, 0.1) is 26.4 Å². The monoisotopic (exact) mass is 327 g/mol. The van der Waals surface area contributed by atoms with Crippen molar-refractivity contribution in [1.82, 2.24) is 0 Å². The Bertz CT molecular complexity index is 687. The maximum Gasteiger partial charge on any atom is 0.355 e. The molecule has 1 heterocycles. The maximum atomic E-state index is 14.4. The third-order valence-electron chi connectivity index (χ3n) is 3.36. The quantitative estimate of drug-likeness (QED) is 0.787. The molecule has 0 spiro atoms. The van der Waals surface area contributed by atoms with Crippen LogP contribution in [-0.4, -0.2) is 39.5 Å². The number of nitrogens with zero attached hydrogens (tertiary/aromatic N) is 1. The number of hydrogen-bond acceptors (Lipinski definition) is 6. The minimum absolute atomic E-state index is 0.175. The van der Waals surface area contributed by atoms with Crippen LogP contribution in [0, 0.1) is 18.6 Å². The second kappa shape index (κ2) is 6.74. The molecular formula is C15H15F2NO5. The molecule has 1 aliphatic rings. The van der Waals surface area contributed by atoms with Crippen molar-refractivity contribution >= 4 is 17.6 Å². The molecule has 0 atom stereocenters. The van der Waals surface area contributed by atoms with E-state index in [-0.39, 0.29) is 30.2 Å².